The van der Waals surface area contributed by atoms with Crippen LogP contribution >= 0.6 is 24.0 Å². The van der Waals surface area contributed by atoms with Crippen LogP contribution in [-0.2, 0) is 10.5 Å². The summed E-state index contributed by atoms with van der Waals surface area (Å²) in [6.45, 7) is 0. The number of nitrogens with one attached hydrogen (secondary N) is 3. The first-order valence-electron chi connectivity index (χ1n) is 5.10. The Morgan fingerprint density at radius 3 is 2.65 bits per heavy atom. The zero-order valence-electron chi connectivity index (χ0n) is 9.53. The number of hydrogen-bond donors (Lipinski definition) is 3. The van der Waals surface area contributed by atoms with Gasteiger partial charge < -0.3 is 5.32 Å². The summed E-state index contributed by atoms with van der Waals surface area (Å²) in [4.78, 5) is 11.4. The Morgan fingerprint density at radius 1 is 1.29 bits per heavy atom. The van der Waals surface area contributed by atoms with Crippen molar-refractivity contribution in [3.63, 3.8) is 0 Å². The van der Waals surface area contributed by atoms with Gasteiger partial charge in [-0.25, -0.2) is 0 Å². The minimum Gasteiger partial charge on any atom is -0.364 e. The van der Waals surface area contributed by atoms with Crippen molar-refractivity contribution in [3.8, 4) is 0 Å². The topological polar surface area (TPSA) is 53.2 Å². The van der Waals surface area contributed by atoms with Crippen LogP contribution in [0.4, 0.5) is 0 Å². The van der Waals surface area contributed by atoms with E-state index in [9.17, 15) is 4.79 Å². The van der Waals surface area contributed by atoms with Crippen molar-refractivity contribution in [2.24, 2.45) is 0 Å². The van der Waals surface area contributed by atoms with Crippen molar-refractivity contribution in [1.29, 1.82) is 0 Å². The maximum absolute atomic E-state index is 11.4. The van der Waals surface area contributed by atoms with Gasteiger partial charge in [-0.2, -0.15) is 0 Å². The van der Waals surface area contributed by atoms with Gasteiger partial charge in [0.25, 0.3) is 0 Å². The van der Waals surface area contributed by atoms with Crippen molar-refractivity contribution < 1.29 is 4.79 Å². The van der Waals surface area contributed by atoms with E-state index in [1.54, 1.807) is 18.8 Å². The molecule has 0 fully saturated rings. The molecular formula is C11H15N3OS2. The van der Waals surface area contributed by atoms with Gasteiger partial charge in [-0.15, -0.1) is 11.8 Å². The highest BCUT2D eigenvalue weighted by atomic mass is 32.2. The zero-order valence-corrected chi connectivity index (χ0v) is 11.2. The number of thiocarbonyl (C=S) groups is 1. The predicted octanol–water partition coefficient (Wildman–Crippen LogP) is 1.04. The van der Waals surface area contributed by atoms with E-state index < -0.39 is 0 Å². The molecule has 0 spiro atoms. The number of rotatable bonds is 4. The lowest BCUT2D eigenvalue weighted by Gasteiger charge is -2.08. The summed E-state index contributed by atoms with van der Waals surface area (Å²) in [6.07, 6.45) is 0. The molecule has 0 heterocycles. The third-order valence-corrected chi connectivity index (χ3v) is 3.20. The van der Waals surface area contributed by atoms with Gasteiger partial charge >= 0.3 is 0 Å². The average Bonchev–Trinajstić information content (AvgIpc) is 2.37. The number of amides is 1. The highest BCUT2D eigenvalue weighted by Crippen LogP contribution is 2.10. The molecule has 1 rings (SSSR count). The number of benzene rings is 1. The van der Waals surface area contributed by atoms with Crippen LogP contribution in [0.25, 0.3) is 0 Å². The Hall–Kier alpha value is -1.27. The first kappa shape index (κ1) is 13.8. The van der Waals surface area contributed by atoms with E-state index >= 15 is 0 Å². The summed E-state index contributed by atoms with van der Waals surface area (Å²) in [5, 5.41) is 3.10. The van der Waals surface area contributed by atoms with Crippen LogP contribution < -0.4 is 16.2 Å². The minimum atomic E-state index is -0.0940. The molecule has 0 saturated carbocycles. The number of carbonyl (C=O) groups is 1. The summed E-state index contributed by atoms with van der Waals surface area (Å²) in [6, 6.07) is 10.0. The van der Waals surface area contributed by atoms with Gasteiger partial charge in [-0.3, -0.25) is 15.6 Å². The van der Waals surface area contributed by atoms with E-state index in [4.69, 9.17) is 12.2 Å². The van der Waals surface area contributed by atoms with Crippen LogP contribution in [0.1, 0.15) is 5.56 Å². The molecular weight excluding hydrogens is 254 g/mol. The molecule has 0 bridgehead atoms. The summed E-state index contributed by atoms with van der Waals surface area (Å²) >= 11 is 6.38. The van der Waals surface area contributed by atoms with Crippen LogP contribution in [0.2, 0.25) is 0 Å². The van der Waals surface area contributed by atoms with Gasteiger partial charge in [-0.05, 0) is 17.8 Å². The van der Waals surface area contributed by atoms with Gasteiger partial charge in [-0.1, -0.05) is 30.3 Å². The molecule has 1 aromatic rings. The standard InChI is InChI=1S/C11H15N3OS2/c1-12-11(16)14-13-10(15)8-17-7-9-5-3-2-4-6-9/h2-6H,7-8H2,1H3,(H,13,15)(H2,12,14,16). The van der Waals surface area contributed by atoms with E-state index in [1.807, 2.05) is 30.3 Å². The van der Waals surface area contributed by atoms with Crippen molar-refractivity contribution in [2.45, 2.75) is 5.75 Å². The molecule has 0 radical (unpaired) electrons. The molecule has 6 heteroatoms. The molecule has 0 aromatic heterocycles. The zero-order chi connectivity index (χ0) is 12.5. The molecule has 4 nitrogen and oxygen atoms in total. The normalized spacial score (nSPS) is 9.47. The highest BCUT2D eigenvalue weighted by Gasteiger charge is 2.01. The van der Waals surface area contributed by atoms with Crippen molar-refractivity contribution >= 4 is 35.0 Å². The van der Waals surface area contributed by atoms with E-state index in [-0.39, 0.29) is 5.91 Å². The molecule has 3 N–H and O–H groups in total. The predicted molar refractivity (Wildman–Crippen MR) is 75.5 cm³/mol. The minimum absolute atomic E-state index is 0.0940. The molecule has 0 aliphatic carbocycles. The molecule has 0 aliphatic heterocycles. The number of carbonyl (C=O) groups excluding carboxylic acids is 1. The quantitative estimate of drug-likeness (QED) is 0.563. The number of hydrazine groups is 1. The van der Waals surface area contributed by atoms with Crippen molar-refractivity contribution in [2.75, 3.05) is 12.8 Å². The second kappa shape index (κ2) is 7.92. The lowest BCUT2D eigenvalue weighted by molar-refractivity contribution is -0.119. The maximum Gasteiger partial charge on any atom is 0.248 e. The smallest absolute Gasteiger partial charge is 0.248 e. The van der Waals surface area contributed by atoms with E-state index in [2.05, 4.69) is 16.2 Å². The monoisotopic (exact) mass is 269 g/mol. The maximum atomic E-state index is 11.4. The largest absolute Gasteiger partial charge is 0.364 e. The van der Waals surface area contributed by atoms with Crippen molar-refractivity contribution in [3.05, 3.63) is 35.9 Å². The van der Waals surface area contributed by atoms with E-state index in [0.29, 0.717) is 10.9 Å². The fourth-order valence-corrected chi connectivity index (χ4v) is 1.90. The van der Waals surface area contributed by atoms with Crippen LogP contribution in [0.15, 0.2) is 30.3 Å². The lowest BCUT2D eigenvalue weighted by atomic mass is 10.2. The molecule has 92 valence electrons. The second-order valence-electron chi connectivity index (χ2n) is 3.23. The van der Waals surface area contributed by atoms with Gasteiger partial charge in [0.1, 0.15) is 0 Å². The summed E-state index contributed by atoms with van der Waals surface area (Å²) in [7, 11) is 1.69. The Kier molecular flexibility index (Phi) is 6.42. The summed E-state index contributed by atoms with van der Waals surface area (Å²) in [5.74, 6) is 1.13. The van der Waals surface area contributed by atoms with Crippen molar-refractivity contribution in [1.82, 2.24) is 16.2 Å². The molecule has 17 heavy (non-hydrogen) atoms. The van der Waals surface area contributed by atoms with Gasteiger partial charge in [0.2, 0.25) is 5.91 Å². The van der Waals surface area contributed by atoms with Crippen LogP contribution in [0.5, 0.6) is 0 Å². The highest BCUT2D eigenvalue weighted by molar-refractivity contribution is 7.99. The Labute approximate surface area is 111 Å². The fraction of sp³-hybridized carbons (Fsp3) is 0.273. The molecule has 0 unspecified atom stereocenters. The first-order chi connectivity index (χ1) is 8.22. The van der Waals surface area contributed by atoms with Gasteiger partial charge in [0.15, 0.2) is 5.11 Å². The van der Waals surface area contributed by atoms with Gasteiger partial charge in [0, 0.05) is 12.8 Å². The Morgan fingerprint density at radius 2 is 2.00 bits per heavy atom. The third kappa shape index (κ3) is 6.13. The second-order valence-corrected chi connectivity index (χ2v) is 4.62. The SMILES string of the molecule is CNC(=S)NNC(=O)CSCc1ccccc1. The van der Waals surface area contributed by atoms with Crippen LogP contribution in [0.3, 0.4) is 0 Å². The van der Waals surface area contributed by atoms with E-state index in [0.717, 1.165) is 5.75 Å². The molecule has 0 saturated heterocycles. The van der Waals surface area contributed by atoms with Gasteiger partial charge in [0.05, 0.1) is 5.75 Å². The number of thioether (sulfide) groups is 1. The number of hydrogen-bond acceptors (Lipinski definition) is 3. The summed E-state index contributed by atoms with van der Waals surface area (Å²) in [5.41, 5.74) is 6.31. The van der Waals surface area contributed by atoms with E-state index in [1.165, 1.54) is 5.56 Å². The van der Waals surface area contributed by atoms with Crippen LogP contribution in [0, 0.1) is 0 Å². The lowest BCUT2D eigenvalue weighted by Crippen LogP contribution is -2.46. The third-order valence-electron chi connectivity index (χ3n) is 1.89. The first-order valence-corrected chi connectivity index (χ1v) is 6.67. The summed E-state index contributed by atoms with van der Waals surface area (Å²) < 4.78 is 0. The Balaban J connectivity index is 2.14. The fourth-order valence-electron chi connectivity index (χ4n) is 1.06. The molecule has 1 aromatic carbocycles. The molecule has 1 amide bonds. The molecule has 0 aliphatic rings. The Bertz CT molecular complexity index is 370. The molecule has 0 atom stereocenters. The van der Waals surface area contributed by atoms with Crippen LogP contribution in [-0.4, -0.2) is 23.8 Å². The average molecular weight is 269 g/mol.